The third-order valence-corrected chi connectivity index (χ3v) is 0. The molecular formula is H4CuN2O2. The molecule has 0 aliphatic rings. The maximum atomic E-state index is 7.75. The Kier molecular flexibility index (Phi) is 1390. The van der Waals surface area contributed by atoms with E-state index < -0.39 is 0 Å². The fourth-order valence-corrected chi connectivity index (χ4v) is 0. The molecule has 0 aliphatic heterocycles. The number of rotatable bonds is 0. The van der Waals surface area contributed by atoms with Crippen molar-refractivity contribution < 1.29 is 17.1 Å². The van der Waals surface area contributed by atoms with Gasteiger partial charge in [0.05, 0.1) is 0 Å². The molecule has 37 valence electrons. The van der Waals surface area contributed by atoms with Crippen molar-refractivity contribution in [2.45, 2.75) is 0 Å². The molecule has 0 bridgehead atoms. The summed E-state index contributed by atoms with van der Waals surface area (Å²) in [6.07, 6.45) is 0. The van der Waals surface area contributed by atoms with Gasteiger partial charge in [-0.25, -0.2) is 0 Å². The predicted octanol–water partition coefficient (Wildman–Crippen LogP) is -1.12. The van der Waals surface area contributed by atoms with E-state index in [0.29, 0.717) is 0 Å². The van der Waals surface area contributed by atoms with Crippen molar-refractivity contribution >= 4 is 0 Å². The van der Waals surface area contributed by atoms with Crippen LogP contribution in [0.3, 0.4) is 0 Å². The zero-order valence-corrected chi connectivity index (χ0v) is 3.21. The first kappa shape index (κ1) is 18.3. The Morgan fingerprint density at radius 1 is 0.800 bits per heavy atom. The SMILES string of the molecule is N[O-].N[O-].[Cu+2]. The monoisotopic (exact) mass is 127 g/mol. The molecule has 4 N–H and O–H groups in total. The molecular weight excluding hydrogens is 124 g/mol. The number of hydrogen-bond donors (Lipinski definition) is 2. The van der Waals surface area contributed by atoms with Crippen molar-refractivity contribution in [3.05, 3.63) is 10.4 Å². The molecule has 0 atom stereocenters. The van der Waals surface area contributed by atoms with Gasteiger partial charge in [0.15, 0.2) is 0 Å². The Bertz CT molecular complexity index is 7.61. The summed E-state index contributed by atoms with van der Waals surface area (Å²) < 4.78 is 0. The molecule has 0 saturated carbocycles. The second-order valence-electron chi connectivity index (χ2n) is 0. The summed E-state index contributed by atoms with van der Waals surface area (Å²) >= 11 is 0. The van der Waals surface area contributed by atoms with Gasteiger partial charge in [-0.2, -0.15) is 0 Å². The van der Waals surface area contributed by atoms with E-state index in [1.54, 1.807) is 0 Å². The maximum absolute atomic E-state index is 7.75. The molecule has 0 rings (SSSR count). The van der Waals surface area contributed by atoms with E-state index in [1.165, 1.54) is 0 Å². The smallest absolute Gasteiger partial charge is 0.790 e. The summed E-state index contributed by atoms with van der Waals surface area (Å²) in [4.78, 5) is 0. The van der Waals surface area contributed by atoms with Crippen molar-refractivity contribution in [2.24, 2.45) is 11.8 Å². The summed E-state index contributed by atoms with van der Waals surface area (Å²) in [5.41, 5.74) is 0. The van der Waals surface area contributed by atoms with Crippen molar-refractivity contribution in [3.63, 3.8) is 0 Å². The molecule has 0 aromatic carbocycles. The molecule has 1 radical (unpaired) electrons. The Hall–Kier alpha value is 0.359. The fraction of sp³-hybridized carbons (Fsp3) is 0. The third kappa shape index (κ3) is 188. The average molecular weight is 128 g/mol. The molecule has 0 fully saturated rings. The van der Waals surface area contributed by atoms with Crippen LogP contribution in [-0.2, 0) is 17.1 Å². The van der Waals surface area contributed by atoms with Gasteiger partial charge >= 0.3 is 17.1 Å². The van der Waals surface area contributed by atoms with Crippen LogP contribution in [0.15, 0.2) is 0 Å². The first-order valence-electron chi connectivity index (χ1n) is 0.471. The van der Waals surface area contributed by atoms with Crippen LogP contribution in [0.2, 0.25) is 0 Å². The Labute approximate surface area is 40.2 Å². The van der Waals surface area contributed by atoms with Crippen molar-refractivity contribution in [1.82, 2.24) is 0 Å². The second-order valence-corrected chi connectivity index (χ2v) is 0. The summed E-state index contributed by atoms with van der Waals surface area (Å²) in [5.74, 6) is 6.50. The van der Waals surface area contributed by atoms with E-state index in [1.807, 2.05) is 0 Å². The van der Waals surface area contributed by atoms with Crippen LogP contribution in [0.4, 0.5) is 0 Å². The summed E-state index contributed by atoms with van der Waals surface area (Å²) in [6.45, 7) is 0. The third-order valence-electron chi connectivity index (χ3n) is 0. The predicted molar refractivity (Wildman–Crippen MR) is 15.1 cm³/mol. The van der Waals surface area contributed by atoms with Crippen LogP contribution in [0.1, 0.15) is 0 Å². The van der Waals surface area contributed by atoms with Crippen molar-refractivity contribution in [3.8, 4) is 0 Å². The second kappa shape index (κ2) is 381. The number of nitrogens with two attached hydrogens (primary N) is 2. The van der Waals surface area contributed by atoms with Crippen LogP contribution in [-0.4, -0.2) is 0 Å². The zero-order valence-electron chi connectivity index (χ0n) is 2.27. The minimum atomic E-state index is 0. The van der Waals surface area contributed by atoms with Gasteiger partial charge in [-0.1, -0.05) is 0 Å². The first-order valence-corrected chi connectivity index (χ1v) is 0.471. The quantitative estimate of drug-likeness (QED) is 0.318. The zero-order chi connectivity index (χ0) is 4.00. The molecule has 0 spiro atoms. The molecule has 5 heavy (non-hydrogen) atoms. The topological polar surface area (TPSA) is 98.2 Å². The largest absolute Gasteiger partial charge is 2.00 e. The molecule has 0 aromatic heterocycles. The molecule has 0 heterocycles. The molecule has 4 nitrogen and oxygen atoms in total. The molecule has 0 aliphatic carbocycles. The molecule has 0 unspecified atom stereocenters. The van der Waals surface area contributed by atoms with E-state index in [9.17, 15) is 0 Å². The van der Waals surface area contributed by atoms with Gasteiger partial charge in [0.1, 0.15) is 0 Å². The Morgan fingerprint density at radius 3 is 0.800 bits per heavy atom. The van der Waals surface area contributed by atoms with Gasteiger partial charge in [-0.3, -0.25) is 0 Å². The minimum Gasteiger partial charge on any atom is -0.790 e. The fourth-order valence-electron chi connectivity index (χ4n) is 0. The van der Waals surface area contributed by atoms with Crippen LogP contribution in [0.5, 0.6) is 0 Å². The maximum Gasteiger partial charge on any atom is 2.00 e. The summed E-state index contributed by atoms with van der Waals surface area (Å²) in [5, 5.41) is 15.5. The minimum absolute atomic E-state index is 0. The molecule has 5 heteroatoms. The van der Waals surface area contributed by atoms with Gasteiger partial charge < -0.3 is 22.2 Å². The van der Waals surface area contributed by atoms with E-state index in [4.69, 9.17) is 10.4 Å². The van der Waals surface area contributed by atoms with Gasteiger partial charge in [0.2, 0.25) is 0 Å². The normalized spacial score (nSPS) is 2.40. The number of hydrogen-bond acceptors (Lipinski definition) is 4. The Morgan fingerprint density at radius 2 is 0.800 bits per heavy atom. The summed E-state index contributed by atoms with van der Waals surface area (Å²) in [6, 6.07) is 0. The van der Waals surface area contributed by atoms with Crippen molar-refractivity contribution in [1.29, 1.82) is 0 Å². The van der Waals surface area contributed by atoms with Gasteiger partial charge in [0, 0.05) is 0 Å². The average Bonchev–Trinajstić information content (AvgIpc) is 1.50. The van der Waals surface area contributed by atoms with Crippen molar-refractivity contribution in [2.75, 3.05) is 0 Å². The van der Waals surface area contributed by atoms with Crippen LogP contribution >= 0.6 is 0 Å². The molecule has 0 amide bonds. The standard InChI is InChI=1S/Cu.2H2NO/c;2*1-2/h;2*1H2/q+2;2*-1. The van der Waals surface area contributed by atoms with Gasteiger partial charge in [-0.15, -0.1) is 0 Å². The summed E-state index contributed by atoms with van der Waals surface area (Å²) in [7, 11) is 0. The first-order chi connectivity index (χ1) is 2.00. The van der Waals surface area contributed by atoms with E-state index in [2.05, 4.69) is 11.8 Å². The van der Waals surface area contributed by atoms with Gasteiger partial charge in [0.25, 0.3) is 0 Å². The van der Waals surface area contributed by atoms with Crippen LogP contribution < -0.4 is 11.8 Å². The van der Waals surface area contributed by atoms with E-state index in [0.717, 1.165) is 0 Å². The van der Waals surface area contributed by atoms with Gasteiger partial charge in [-0.05, 0) is 0 Å². The van der Waals surface area contributed by atoms with Crippen LogP contribution in [0, 0.1) is 10.4 Å². The van der Waals surface area contributed by atoms with E-state index in [-0.39, 0.29) is 17.1 Å². The van der Waals surface area contributed by atoms with E-state index >= 15 is 0 Å². The molecule has 0 saturated heterocycles. The van der Waals surface area contributed by atoms with Crippen LogP contribution in [0.25, 0.3) is 0 Å². The molecule has 0 aromatic rings. The Balaban J connectivity index is -0.0000000133.